The topological polar surface area (TPSA) is 93.9 Å². The molecule has 27 heavy (non-hydrogen) atoms. The maximum atomic E-state index is 12.6. The van der Waals surface area contributed by atoms with Gasteiger partial charge in [-0.1, -0.05) is 58.4 Å². The molecule has 4 rings (SSSR count). The highest BCUT2D eigenvalue weighted by Gasteiger charge is 2.63. The summed E-state index contributed by atoms with van der Waals surface area (Å²) in [5.41, 5.74) is 6.85. The van der Waals surface area contributed by atoms with Gasteiger partial charge in [0.25, 0.3) is 0 Å². The smallest absolute Gasteiger partial charge is 0.240 e. The Morgan fingerprint density at radius 3 is 2.56 bits per heavy atom. The molecule has 2 aliphatic heterocycles. The van der Waals surface area contributed by atoms with Crippen LogP contribution in [-0.4, -0.2) is 18.0 Å². The zero-order valence-electron chi connectivity index (χ0n) is 14.2. The molecule has 2 heterocycles. The van der Waals surface area contributed by atoms with Crippen molar-refractivity contribution < 1.29 is 4.79 Å². The minimum absolute atomic E-state index is 0.553. The first kappa shape index (κ1) is 17.3. The second kappa shape index (κ2) is 6.26. The van der Waals surface area contributed by atoms with E-state index >= 15 is 0 Å². The van der Waals surface area contributed by atoms with Crippen LogP contribution in [0.1, 0.15) is 17.0 Å². The normalized spacial score (nSPS) is 24.4. The number of fused-ring (bicyclic) bond motifs is 3. The van der Waals surface area contributed by atoms with Crippen LogP contribution in [-0.2, 0) is 4.79 Å². The van der Waals surface area contributed by atoms with Gasteiger partial charge in [-0.2, -0.15) is 10.5 Å². The minimum atomic E-state index is -1.44. The van der Waals surface area contributed by atoms with Crippen molar-refractivity contribution in [1.29, 1.82) is 10.5 Å². The maximum absolute atomic E-state index is 12.6. The molecule has 0 aliphatic carbocycles. The van der Waals surface area contributed by atoms with Gasteiger partial charge in [0.15, 0.2) is 5.41 Å². The molecule has 6 heteroatoms. The van der Waals surface area contributed by atoms with E-state index in [4.69, 9.17) is 5.73 Å². The number of nitrogens with two attached hydrogens (primary N) is 1. The summed E-state index contributed by atoms with van der Waals surface area (Å²) in [4.78, 5) is 14.4. The standard InChI is InChI=1S/C21H15BrN4O/c22-15-6-3-5-14(10-15)18-19(20(25)27)26-16-7-2-1-4-13(16)8-9-17(26)21(18,11-23)12-24/h1-10,17-19H,(H2,25,27)/t17-,18-,19+/m1/s1. The van der Waals surface area contributed by atoms with Crippen LogP contribution < -0.4 is 10.6 Å². The lowest BCUT2D eigenvalue weighted by Gasteiger charge is -2.34. The molecule has 2 aromatic carbocycles. The highest BCUT2D eigenvalue weighted by atomic mass is 79.9. The van der Waals surface area contributed by atoms with Gasteiger partial charge in [-0.25, -0.2) is 0 Å². The molecule has 0 saturated carbocycles. The van der Waals surface area contributed by atoms with Crippen LogP contribution in [0.5, 0.6) is 0 Å². The predicted molar refractivity (Wildman–Crippen MR) is 105 cm³/mol. The molecular formula is C21H15BrN4O. The summed E-state index contributed by atoms with van der Waals surface area (Å²) >= 11 is 3.44. The Morgan fingerprint density at radius 2 is 1.89 bits per heavy atom. The van der Waals surface area contributed by atoms with E-state index in [0.29, 0.717) is 0 Å². The summed E-state index contributed by atoms with van der Waals surface area (Å²) in [7, 11) is 0. The Kier molecular flexibility index (Phi) is 4.02. The number of carbonyl (C=O) groups excluding carboxylic acids is 1. The average molecular weight is 419 g/mol. The molecule has 1 amide bonds. The number of hydrogen-bond donors (Lipinski definition) is 1. The number of benzene rings is 2. The van der Waals surface area contributed by atoms with Crippen molar-refractivity contribution in [1.82, 2.24) is 0 Å². The Morgan fingerprint density at radius 1 is 1.15 bits per heavy atom. The van der Waals surface area contributed by atoms with Crippen molar-refractivity contribution in [2.75, 3.05) is 4.90 Å². The van der Waals surface area contributed by atoms with Gasteiger partial charge in [-0.3, -0.25) is 4.79 Å². The third-order valence-electron chi connectivity index (χ3n) is 5.41. The fourth-order valence-corrected chi connectivity index (χ4v) is 4.75. The first-order valence-electron chi connectivity index (χ1n) is 8.46. The quantitative estimate of drug-likeness (QED) is 0.808. The van der Waals surface area contributed by atoms with Gasteiger partial charge >= 0.3 is 0 Å². The summed E-state index contributed by atoms with van der Waals surface area (Å²) in [6, 6.07) is 18.1. The Bertz CT molecular complexity index is 1030. The fraction of sp³-hybridized carbons (Fsp3) is 0.190. The van der Waals surface area contributed by atoms with Crippen LogP contribution in [0.25, 0.3) is 6.08 Å². The molecule has 1 saturated heterocycles. The highest BCUT2D eigenvalue weighted by Crippen LogP contribution is 2.54. The molecular weight excluding hydrogens is 404 g/mol. The van der Waals surface area contributed by atoms with E-state index in [0.717, 1.165) is 21.3 Å². The number of nitrogens with zero attached hydrogens (tertiary/aromatic N) is 3. The molecule has 1 fully saturated rings. The number of para-hydroxylation sites is 1. The summed E-state index contributed by atoms with van der Waals surface area (Å²) in [5, 5.41) is 20.2. The van der Waals surface area contributed by atoms with Gasteiger partial charge in [0.05, 0.1) is 18.2 Å². The Balaban J connectivity index is 2.01. The summed E-state index contributed by atoms with van der Waals surface area (Å²) in [6.07, 6.45) is 3.74. The van der Waals surface area contributed by atoms with E-state index in [2.05, 4.69) is 28.1 Å². The summed E-state index contributed by atoms with van der Waals surface area (Å²) < 4.78 is 0.814. The van der Waals surface area contributed by atoms with Crippen LogP contribution in [0.4, 0.5) is 5.69 Å². The lowest BCUT2D eigenvalue weighted by Crippen LogP contribution is -2.46. The number of nitriles is 2. The van der Waals surface area contributed by atoms with Gasteiger partial charge < -0.3 is 10.6 Å². The minimum Gasteiger partial charge on any atom is -0.368 e. The van der Waals surface area contributed by atoms with E-state index in [9.17, 15) is 15.3 Å². The van der Waals surface area contributed by atoms with E-state index in [1.165, 1.54) is 0 Å². The van der Waals surface area contributed by atoms with Crippen LogP contribution in [0.15, 0.2) is 59.1 Å². The van der Waals surface area contributed by atoms with Gasteiger partial charge in [0.2, 0.25) is 5.91 Å². The van der Waals surface area contributed by atoms with Crippen molar-refractivity contribution in [2.45, 2.75) is 18.0 Å². The van der Waals surface area contributed by atoms with E-state index in [1.54, 1.807) is 0 Å². The van der Waals surface area contributed by atoms with Gasteiger partial charge in [-0.05, 0) is 29.3 Å². The number of halogens is 1. The molecule has 3 atom stereocenters. The average Bonchev–Trinajstić information content (AvgIpc) is 2.99. The monoisotopic (exact) mass is 418 g/mol. The highest BCUT2D eigenvalue weighted by molar-refractivity contribution is 9.10. The molecule has 132 valence electrons. The van der Waals surface area contributed by atoms with Crippen molar-refractivity contribution in [2.24, 2.45) is 11.1 Å². The largest absolute Gasteiger partial charge is 0.368 e. The lowest BCUT2D eigenvalue weighted by atomic mass is 9.70. The lowest BCUT2D eigenvalue weighted by molar-refractivity contribution is -0.119. The molecule has 2 aliphatic rings. The maximum Gasteiger partial charge on any atom is 0.240 e. The zero-order valence-corrected chi connectivity index (χ0v) is 15.8. The van der Waals surface area contributed by atoms with E-state index in [1.807, 2.05) is 65.6 Å². The van der Waals surface area contributed by atoms with Crippen molar-refractivity contribution in [3.05, 3.63) is 70.2 Å². The summed E-state index contributed by atoms with van der Waals surface area (Å²) in [5.74, 6) is -1.23. The number of primary amides is 1. The SMILES string of the molecule is N#CC1(C#N)[C@H](c2cccc(Br)c2)[C@@H](C(N)=O)N2c3ccccc3C=C[C@@H]21. The first-order chi connectivity index (χ1) is 13.0. The first-order valence-corrected chi connectivity index (χ1v) is 9.25. The molecule has 0 radical (unpaired) electrons. The zero-order chi connectivity index (χ0) is 19.2. The van der Waals surface area contributed by atoms with Gasteiger partial charge in [0, 0.05) is 16.1 Å². The van der Waals surface area contributed by atoms with Crippen molar-refractivity contribution in [3.8, 4) is 12.1 Å². The van der Waals surface area contributed by atoms with Crippen LogP contribution in [0.3, 0.4) is 0 Å². The Hall–Kier alpha value is -3.09. The van der Waals surface area contributed by atoms with Crippen molar-refractivity contribution >= 4 is 33.6 Å². The van der Waals surface area contributed by atoms with Crippen molar-refractivity contribution in [3.63, 3.8) is 0 Å². The second-order valence-corrected chi connectivity index (χ2v) is 7.66. The van der Waals surface area contributed by atoms with Crippen LogP contribution >= 0.6 is 15.9 Å². The molecule has 0 aromatic heterocycles. The Labute approximate surface area is 165 Å². The molecule has 0 spiro atoms. The molecule has 5 nitrogen and oxygen atoms in total. The number of anilines is 1. The summed E-state index contributed by atoms with van der Waals surface area (Å²) in [6.45, 7) is 0. The number of carbonyl (C=O) groups is 1. The van der Waals surface area contributed by atoms with E-state index < -0.39 is 29.3 Å². The van der Waals surface area contributed by atoms with Crippen LogP contribution in [0, 0.1) is 28.1 Å². The molecule has 2 aromatic rings. The van der Waals surface area contributed by atoms with Crippen LogP contribution in [0.2, 0.25) is 0 Å². The predicted octanol–water partition coefficient (Wildman–Crippen LogP) is 3.34. The number of rotatable bonds is 2. The molecule has 0 unspecified atom stereocenters. The van der Waals surface area contributed by atoms with Gasteiger partial charge in [0.1, 0.15) is 6.04 Å². The molecule has 0 bridgehead atoms. The third-order valence-corrected chi connectivity index (χ3v) is 5.91. The third kappa shape index (κ3) is 2.38. The van der Waals surface area contributed by atoms with Gasteiger partial charge in [-0.15, -0.1) is 0 Å². The fourth-order valence-electron chi connectivity index (χ4n) is 4.33. The second-order valence-electron chi connectivity index (χ2n) is 6.74. The van der Waals surface area contributed by atoms with E-state index in [-0.39, 0.29) is 0 Å². The molecule has 2 N–H and O–H groups in total. The number of amides is 1. The number of hydrogen-bond acceptors (Lipinski definition) is 4.